The van der Waals surface area contributed by atoms with Crippen LogP contribution in [0.15, 0.2) is 0 Å². The van der Waals surface area contributed by atoms with E-state index < -0.39 is 5.60 Å². The number of hydrogen-bond acceptors (Lipinski definition) is 3. The van der Waals surface area contributed by atoms with Crippen molar-refractivity contribution < 1.29 is 5.11 Å². The van der Waals surface area contributed by atoms with Gasteiger partial charge in [-0.15, -0.1) is 0 Å². The highest BCUT2D eigenvalue weighted by Gasteiger charge is 2.40. The molecule has 0 bridgehead atoms. The summed E-state index contributed by atoms with van der Waals surface area (Å²) in [7, 11) is 2.13. The van der Waals surface area contributed by atoms with E-state index in [4.69, 9.17) is 5.73 Å². The normalized spacial score (nSPS) is 35.4. The topological polar surface area (TPSA) is 49.5 Å². The van der Waals surface area contributed by atoms with E-state index in [-0.39, 0.29) is 5.92 Å². The first kappa shape index (κ1) is 12.9. The smallest absolute Gasteiger partial charge is 0.0714 e. The van der Waals surface area contributed by atoms with E-state index in [9.17, 15) is 5.11 Å². The largest absolute Gasteiger partial charge is 0.389 e. The van der Waals surface area contributed by atoms with Gasteiger partial charge in [0.05, 0.1) is 5.60 Å². The second kappa shape index (κ2) is 5.28. The molecule has 3 unspecified atom stereocenters. The summed E-state index contributed by atoms with van der Waals surface area (Å²) in [4.78, 5) is 2.31. The van der Waals surface area contributed by atoms with Crippen molar-refractivity contribution in [2.75, 3.05) is 20.1 Å². The quantitative estimate of drug-likeness (QED) is 0.739. The van der Waals surface area contributed by atoms with Crippen molar-refractivity contribution in [3.8, 4) is 0 Å². The predicted octanol–water partition coefficient (Wildman–Crippen LogP) is 1.21. The molecule has 1 aliphatic rings. The highest BCUT2D eigenvalue weighted by atomic mass is 16.3. The zero-order chi connectivity index (χ0) is 11.5. The zero-order valence-corrected chi connectivity index (χ0v) is 10.4. The fourth-order valence-electron chi connectivity index (χ4n) is 2.68. The van der Waals surface area contributed by atoms with Gasteiger partial charge in [0, 0.05) is 12.6 Å². The van der Waals surface area contributed by atoms with Crippen LogP contribution in [-0.2, 0) is 0 Å². The molecule has 0 aromatic rings. The number of nitrogens with two attached hydrogens (primary N) is 1. The Morgan fingerprint density at radius 1 is 1.60 bits per heavy atom. The molecule has 3 N–H and O–H groups in total. The first-order valence-electron chi connectivity index (χ1n) is 6.16. The fourth-order valence-corrected chi connectivity index (χ4v) is 2.68. The lowest BCUT2D eigenvalue weighted by molar-refractivity contribution is -0.0789. The Balaban J connectivity index is 2.64. The summed E-state index contributed by atoms with van der Waals surface area (Å²) < 4.78 is 0. The van der Waals surface area contributed by atoms with Crippen LogP contribution in [-0.4, -0.2) is 41.8 Å². The van der Waals surface area contributed by atoms with Crippen LogP contribution in [0.1, 0.15) is 39.5 Å². The fraction of sp³-hybridized carbons (Fsp3) is 1.00. The Kier molecular flexibility index (Phi) is 4.56. The third-order valence-corrected chi connectivity index (χ3v) is 3.98. The van der Waals surface area contributed by atoms with Gasteiger partial charge in [-0.05, 0) is 45.7 Å². The maximum absolute atomic E-state index is 10.6. The van der Waals surface area contributed by atoms with Crippen LogP contribution in [0.25, 0.3) is 0 Å². The van der Waals surface area contributed by atoms with Gasteiger partial charge in [0.1, 0.15) is 0 Å². The zero-order valence-electron chi connectivity index (χ0n) is 10.4. The molecule has 3 nitrogen and oxygen atoms in total. The van der Waals surface area contributed by atoms with Crippen molar-refractivity contribution >= 4 is 0 Å². The van der Waals surface area contributed by atoms with Crippen molar-refractivity contribution in [1.29, 1.82) is 0 Å². The highest BCUT2D eigenvalue weighted by Crippen LogP contribution is 2.34. The summed E-state index contributed by atoms with van der Waals surface area (Å²) in [5.41, 5.74) is 5.26. The van der Waals surface area contributed by atoms with E-state index in [1.165, 1.54) is 0 Å². The molecule has 0 saturated carbocycles. The standard InChI is InChI=1S/C12H26N2O/c1-4-5-11(9-13)12(15)6-7-14(3)10(2)8-12/h10-11,15H,4-9,13H2,1-3H3. The third-order valence-electron chi connectivity index (χ3n) is 3.98. The van der Waals surface area contributed by atoms with Crippen molar-refractivity contribution in [2.45, 2.75) is 51.2 Å². The van der Waals surface area contributed by atoms with Crippen molar-refractivity contribution in [2.24, 2.45) is 11.7 Å². The SMILES string of the molecule is CCCC(CN)C1(O)CCN(C)C(C)C1. The van der Waals surface area contributed by atoms with Crippen molar-refractivity contribution in [3.05, 3.63) is 0 Å². The van der Waals surface area contributed by atoms with Crippen LogP contribution in [0.3, 0.4) is 0 Å². The molecule has 1 heterocycles. The van der Waals surface area contributed by atoms with E-state index in [1.54, 1.807) is 0 Å². The second-order valence-corrected chi connectivity index (χ2v) is 5.11. The minimum atomic E-state index is -0.517. The summed E-state index contributed by atoms with van der Waals surface area (Å²) >= 11 is 0. The first-order chi connectivity index (χ1) is 7.03. The molecular formula is C12H26N2O. The summed E-state index contributed by atoms with van der Waals surface area (Å²) in [5.74, 6) is 0.277. The molecule has 0 aliphatic carbocycles. The van der Waals surface area contributed by atoms with Crippen molar-refractivity contribution in [1.82, 2.24) is 4.90 Å². The lowest BCUT2D eigenvalue weighted by Crippen LogP contribution is -2.53. The summed E-state index contributed by atoms with van der Waals surface area (Å²) in [6.07, 6.45) is 3.89. The van der Waals surface area contributed by atoms with Crippen LogP contribution < -0.4 is 5.73 Å². The van der Waals surface area contributed by atoms with Gasteiger partial charge < -0.3 is 15.7 Å². The second-order valence-electron chi connectivity index (χ2n) is 5.11. The Bertz CT molecular complexity index is 198. The average molecular weight is 214 g/mol. The molecule has 0 amide bonds. The highest BCUT2D eigenvalue weighted by molar-refractivity contribution is 4.94. The molecular weight excluding hydrogens is 188 g/mol. The Morgan fingerprint density at radius 3 is 2.73 bits per heavy atom. The van der Waals surface area contributed by atoms with Gasteiger partial charge in [0.25, 0.3) is 0 Å². The molecule has 0 radical (unpaired) electrons. The maximum Gasteiger partial charge on any atom is 0.0714 e. The maximum atomic E-state index is 10.6. The summed E-state index contributed by atoms with van der Waals surface area (Å²) in [6.45, 7) is 5.94. The summed E-state index contributed by atoms with van der Waals surface area (Å²) in [5, 5.41) is 10.6. The molecule has 1 rings (SSSR count). The minimum absolute atomic E-state index is 0.277. The number of aliphatic hydroxyl groups is 1. The van der Waals surface area contributed by atoms with Gasteiger partial charge in [0.2, 0.25) is 0 Å². The van der Waals surface area contributed by atoms with Crippen LogP contribution in [0.4, 0.5) is 0 Å². The van der Waals surface area contributed by atoms with Crippen LogP contribution >= 0.6 is 0 Å². The lowest BCUT2D eigenvalue weighted by atomic mass is 9.75. The molecule has 0 aromatic carbocycles. The molecule has 3 atom stereocenters. The van der Waals surface area contributed by atoms with Gasteiger partial charge in [0.15, 0.2) is 0 Å². The van der Waals surface area contributed by atoms with E-state index in [0.29, 0.717) is 12.6 Å². The van der Waals surface area contributed by atoms with E-state index in [1.807, 2.05) is 0 Å². The van der Waals surface area contributed by atoms with Crippen LogP contribution in [0.5, 0.6) is 0 Å². The molecule has 1 fully saturated rings. The molecule has 0 spiro atoms. The number of piperidine rings is 1. The lowest BCUT2D eigenvalue weighted by Gasteiger charge is -2.45. The van der Waals surface area contributed by atoms with E-state index in [2.05, 4.69) is 25.8 Å². The monoisotopic (exact) mass is 214 g/mol. The Labute approximate surface area is 93.6 Å². The van der Waals surface area contributed by atoms with E-state index >= 15 is 0 Å². The molecule has 15 heavy (non-hydrogen) atoms. The summed E-state index contributed by atoms with van der Waals surface area (Å²) in [6, 6.07) is 0.467. The Morgan fingerprint density at radius 2 is 2.27 bits per heavy atom. The molecule has 90 valence electrons. The average Bonchev–Trinajstić information content (AvgIpc) is 2.20. The molecule has 1 aliphatic heterocycles. The van der Waals surface area contributed by atoms with E-state index in [0.717, 1.165) is 32.2 Å². The number of nitrogens with zero attached hydrogens (tertiary/aromatic N) is 1. The van der Waals surface area contributed by atoms with Gasteiger partial charge in [-0.1, -0.05) is 13.3 Å². The minimum Gasteiger partial charge on any atom is -0.389 e. The predicted molar refractivity (Wildman–Crippen MR) is 63.7 cm³/mol. The number of hydrogen-bond donors (Lipinski definition) is 2. The van der Waals surface area contributed by atoms with Crippen molar-refractivity contribution in [3.63, 3.8) is 0 Å². The van der Waals surface area contributed by atoms with Gasteiger partial charge in [-0.25, -0.2) is 0 Å². The molecule has 3 heteroatoms. The molecule has 0 aromatic heterocycles. The van der Waals surface area contributed by atoms with Crippen LogP contribution in [0.2, 0.25) is 0 Å². The van der Waals surface area contributed by atoms with Gasteiger partial charge >= 0.3 is 0 Å². The molecule has 1 saturated heterocycles. The van der Waals surface area contributed by atoms with Crippen LogP contribution in [0, 0.1) is 5.92 Å². The number of likely N-dealkylation sites (tertiary alicyclic amines) is 1. The van der Waals surface area contributed by atoms with Gasteiger partial charge in [-0.3, -0.25) is 0 Å². The third kappa shape index (κ3) is 2.92. The first-order valence-corrected chi connectivity index (χ1v) is 6.16. The Hall–Kier alpha value is -0.120. The number of rotatable bonds is 4. The van der Waals surface area contributed by atoms with Gasteiger partial charge in [-0.2, -0.15) is 0 Å².